The molecule has 8 heteroatoms. The number of fused-ring (bicyclic) bond motifs is 1. The number of methoxy groups -OCH3 is 1. The third-order valence-corrected chi connectivity index (χ3v) is 6.76. The van der Waals surface area contributed by atoms with Crippen molar-refractivity contribution in [3.63, 3.8) is 0 Å². The number of carbonyl (C=O) groups is 1. The molecule has 38 heavy (non-hydrogen) atoms. The second kappa shape index (κ2) is 10.8. The molecule has 0 bridgehead atoms. The number of aromatic nitrogens is 2. The fourth-order valence-corrected chi connectivity index (χ4v) is 4.52. The summed E-state index contributed by atoms with van der Waals surface area (Å²) < 4.78 is 12.8. The number of benzene rings is 3. The smallest absolute Gasteiger partial charge is 0.299 e. The van der Waals surface area contributed by atoms with Gasteiger partial charge in [-0.3, -0.25) is 9.59 Å². The molecule has 3 aromatic carbocycles. The Hall–Kier alpha value is -4.59. The van der Waals surface area contributed by atoms with Gasteiger partial charge in [0.1, 0.15) is 11.5 Å². The maximum absolute atomic E-state index is 13.8. The number of ether oxygens (including phenoxy) is 2. The minimum Gasteiger partial charge on any atom is -0.497 e. The summed E-state index contributed by atoms with van der Waals surface area (Å²) in [6.07, 6.45) is 4.75. The summed E-state index contributed by atoms with van der Waals surface area (Å²) in [5.41, 5.74) is 4.11. The molecule has 1 amide bonds. The Bertz CT molecular complexity index is 1530. The Kier molecular flexibility index (Phi) is 7.13. The second-order valence-electron chi connectivity index (χ2n) is 9.21. The van der Waals surface area contributed by atoms with Crippen LogP contribution in [-0.4, -0.2) is 41.3 Å². The summed E-state index contributed by atoms with van der Waals surface area (Å²) in [5.74, 6) is 1.51. The van der Waals surface area contributed by atoms with Crippen LogP contribution in [0.3, 0.4) is 0 Å². The standard InChI is InChI=1S/C30H30N4O4/c1-4-33(2)29(35)22-9-6-10-23(17-22)32-28-27(38-26-14-11-20-7-5-8-21(20)18-26)19-31-34(30(28)36)24-12-15-25(37-3)16-13-24/h6,9-19,32H,4-5,7-8H2,1-3H3. The molecule has 0 atom stereocenters. The zero-order valence-electron chi connectivity index (χ0n) is 21.7. The number of anilines is 2. The molecule has 8 nitrogen and oxygen atoms in total. The van der Waals surface area contributed by atoms with Crippen molar-refractivity contribution in [3.8, 4) is 22.9 Å². The van der Waals surface area contributed by atoms with Gasteiger partial charge >= 0.3 is 0 Å². The van der Waals surface area contributed by atoms with Gasteiger partial charge in [-0.2, -0.15) is 9.78 Å². The lowest BCUT2D eigenvalue weighted by atomic mass is 10.1. The van der Waals surface area contributed by atoms with E-state index in [0.717, 1.165) is 19.3 Å². The van der Waals surface area contributed by atoms with Gasteiger partial charge in [-0.25, -0.2) is 0 Å². The highest BCUT2D eigenvalue weighted by molar-refractivity contribution is 5.95. The maximum atomic E-state index is 13.8. The Labute approximate surface area is 221 Å². The van der Waals surface area contributed by atoms with E-state index in [0.29, 0.717) is 40.7 Å². The molecule has 1 aliphatic rings. The van der Waals surface area contributed by atoms with Crippen molar-refractivity contribution < 1.29 is 14.3 Å². The van der Waals surface area contributed by atoms with E-state index < -0.39 is 5.56 Å². The van der Waals surface area contributed by atoms with E-state index in [2.05, 4.69) is 16.5 Å². The summed E-state index contributed by atoms with van der Waals surface area (Å²) in [6.45, 7) is 2.51. The molecular weight excluding hydrogens is 480 g/mol. The second-order valence-corrected chi connectivity index (χ2v) is 9.21. The quantitative estimate of drug-likeness (QED) is 0.344. The van der Waals surface area contributed by atoms with Crippen LogP contribution in [-0.2, 0) is 12.8 Å². The van der Waals surface area contributed by atoms with E-state index in [9.17, 15) is 9.59 Å². The zero-order chi connectivity index (χ0) is 26.6. The summed E-state index contributed by atoms with van der Waals surface area (Å²) in [4.78, 5) is 28.1. The topological polar surface area (TPSA) is 85.7 Å². The number of carbonyl (C=O) groups excluding carboxylic acids is 1. The minimum atomic E-state index is -0.392. The summed E-state index contributed by atoms with van der Waals surface area (Å²) in [6, 6.07) is 20.2. The number of nitrogens with zero attached hydrogens (tertiary/aromatic N) is 3. The van der Waals surface area contributed by atoms with E-state index >= 15 is 0 Å². The van der Waals surface area contributed by atoms with Crippen molar-refractivity contribution in [1.82, 2.24) is 14.7 Å². The highest BCUT2D eigenvalue weighted by Crippen LogP contribution is 2.32. The van der Waals surface area contributed by atoms with Crippen molar-refractivity contribution >= 4 is 17.3 Å². The van der Waals surface area contributed by atoms with Crippen LogP contribution in [0, 0.1) is 0 Å². The molecule has 4 aromatic rings. The first-order chi connectivity index (χ1) is 18.5. The largest absolute Gasteiger partial charge is 0.497 e. The first kappa shape index (κ1) is 25.1. The number of amides is 1. The summed E-state index contributed by atoms with van der Waals surface area (Å²) >= 11 is 0. The summed E-state index contributed by atoms with van der Waals surface area (Å²) in [7, 11) is 3.34. The van der Waals surface area contributed by atoms with Gasteiger partial charge in [0.15, 0.2) is 11.4 Å². The number of rotatable bonds is 8. The lowest BCUT2D eigenvalue weighted by molar-refractivity contribution is 0.0802. The van der Waals surface area contributed by atoms with Crippen molar-refractivity contribution in [3.05, 3.63) is 100.0 Å². The van der Waals surface area contributed by atoms with Crippen LogP contribution in [0.25, 0.3) is 5.69 Å². The third-order valence-electron chi connectivity index (χ3n) is 6.76. The molecule has 1 N–H and O–H groups in total. The maximum Gasteiger partial charge on any atom is 0.299 e. The lowest BCUT2D eigenvalue weighted by Gasteiger charge is -2.17. The van der Waals surface area contributed by atoms with Crippen molar-refractivity contribution in [2.24, 2.45) is 0 Å². The highest BCUT2D eigenvalue weighted by Gasteiger charge is 2.18. The normalized spacial score (nSPS) is 12.1. The molecule has 5 rings (SSSR count). The van der Waals surface area contributed by atoms with Gasteiger partial charge in [0.25, 0.3) is 11.5 Å². The van der Waals surface area contributed by atoms with Crippen LogP contribution in [0.15, 0.2) is 77.7 Å². The van der Waals surface area contributed by atoms with Crippen molar-refractivity contribution in [2.75, 3.05) is 26.0 Å². The van der Waals surface area contributed by atoms with E-state index in [1.165, 1.54) is 22.0 Å². The predicted molar refractivity (Wildman–Crippen MR) is 147 cm³/mol. The Morgan fingerprint density at radius 3 is 2.55 bits per heavy atom. The number of hydrogen-bond donors (Lipinski definition) is 1. The van der Waals surface area contributed by atoms with E-state index in [-0.39, 0.29) is 11.6 Å². The predicted octanol–water partition coefficient (Wildman–Crippen LogP) is 5.36. The molecule has 0 radical (unpaired) electrons. The molecule has 0 aliphatic heterocycles. The summed E-state index contributed by atoms with van der Waals surface area (Å²) in [5, 5.41) is 7.60. The van der Waals surface area contributed by atoms with Crippen LogP contribution in [0.1, 0.15) is 34.8 Å². The molecule has 1 heterocycles. The van der Waals surface area contributed by atoms with E-state index in [1.54, 1.807) is 67.6 Å². The van der Waals surface area contributed by atoms with Gasteiger partial charge < -0.3 is 19.7 Å². The van der Waals surface area contributed by atoms with Crippen LogP contribution < -0.4 is 20.3 Å². The molecule has 1 aromatic heterocycles. The van der Waals surface area contributed by atoms with Crippen LogP contribution in [0.4, 0.5) is 11.4 Å². The Morgan fingerprint density at radius 1 is 1.03 bits per heavy atom. The zero-order valence-corrected chi connectivity index (χ0v) is 21.7. The van der Waals surface area contributed by atoms with Crippen molar-refractivity contribution in [2.45, 2.75) is 26.2 Å². The van der Waals surface area contributed by atoms with E-state index in [4.69, 9.17) is 9.47 Å². The van der Waals surface area contributed by atoms with Gasteiger partial charge in [-0.15, -0.1) is 0 Å². The monoisotopic (exact) mass is 510 g/mol. The lowest BCUT2D eigenvalue weighted by Crippen LogP contribution is -2.26. The average molecular weight is 511 g/mol. The van der Waals surface area contributed by atoms with Gasteiger partial charge in [0, 0.05) is 24.8 Å². The number of hydrogen-bond acceptors (Lipinski definition) is 6. The number of aryl methyl sites for hydroxylation is 2. The molecule has 0 fully saturated rings. The minimum absolute atomic E-state index is 0.101. The van der Waals surface area contributed by atoms with Gasteiger partial charge in [0.2, 0.25) is 0 Å². The van der Waals surface area contributed by atoms with Crippen LogP contribution in [0.2, 0.25) is 0 Å². The van der Waals surface area contributed by atoms with Crippen molar-refractivity contribution in [1.29, 1.82) is 0 Å². The fourth-order valence-electron chi connectivity index (χ4n) is 4.52. The van der Waals surface area contributed by atoms with Gasteiger partial charge in [0.05, 0.1) is 19.0 Å². The molecule has 0 unspecified atom stereocenters. The highest BCUT2D eigenvalue weighted by atomic mass is 16.5. The molecule has 1 aliphatic carbocycles. The van der Waals surface area contributed by atoms with Crippen LogP contribution in [0.5, 0.6) is 17.2 Å². The molecule has 0 saturated carbocycles. The Balaban J connectivity index is 1.55. The van der Waals surface area contributed by atoms with Gasteiger partial charge in [-0.05, 0) is 91.9 Å². The first-order valence-corrected chi connectivity index (χ1v) is 12.7. The molecule has 0 saturated heterocycles. The van der Waals surface area contributed by atoms with Crippen LogP contribution >= 0.6 is 0 Å². The third kappa shape index (κ3) is 5.11. The number of nitrogens with one attached hydrogen (secondary N) is 1. The average Bonchev–Trinajstić information content (AvgIpc) is 3.42. The molecular formula is C30H30N4O4. The fraction of sp³-hybridized carbons (Fsp3) is 0.233. The van der Waals surface area contributed by atoms with E-state index in [1.807, 2.05) is 19.1 Å². The first-order valence-electron chi connectivity index (χ1n) is 12.7. The molecule has 194 valence electrons. The van der Waals surface area contributed by atoms with Gasteiger partial charge in [-0.1, -0.05) is 12.1 Å². The molecule has 0 spiro atoms. The Morgan fingerprint density at radius 2 is 1.79 bits per heavy atom. The SMILES string of the molecule is CCN(C)C(=O)c1cccc(Nc2c(Oc3ccc4c(c3)CCC4)cnn(-c3ccc(OC)cc3)c2=O)c1.